The lowest BCUT2D eigenvalue weighted by atomic mass is 10.0. The Bertz CT molecular complexity index is 972. The van der Waals surface area contributed by atoms with E-state index in [1.807, 2.05) is 48.7 Å². The van der Waals surface area contributed by atoms with Crippen LogP contribution in [-0.4, -0.2) is 15.4 Å². The molecule has 1 aromatic heterocycles. The van der Waals surface area contributed by atoms with Gasteiger partial charge in [-0.15, -0.1) is 11.8 Å². The van der Waals surface area contributed by atoms with Crippen molar-refractivity contribution in [1.29, 1.82) is 0 Å². The molecule has 0 aliphatic carbocycles. The van der Waals surface area contributed by atoms with Crippen molar-refractivity contribution in [1.82, 2.24) is 9.13 Å². The van der Waals surface area contributed by atoms with Crippen molar-refractivity contribution in [2.75, 3.05) is 6.26 Å². The maximum Gasteiger partial charge on any atom is 0.330 e. The first-order valence-corrected chi connectivity index (χ1v) is 8.10. The van der Waals surface area contributed by atoms with Crippen molar-refractivity contribution in [3.05, 3.63) is 63.3 Å². The van der Waals surface area contributed by atoms with Gasteiger partial charge < -0.3 is 0 Å². The first kappa shape index (κ1) is 14.7. The number of benzene rings is 2. The first-order valence-electron chi connectivity index (χ1n) is 6.87. The zero-order valence-electron chi connectivity index (χ0n) is 12.7. The van der Waals surface area contributed by atoms with Crippen molar-refractivity contribution >= 4 is 22.7 Å². The van der Waals surface area contributed by atoms with Gasteiger partial charge in [0.15, 0.2) is 0 Å². The number of nitrogens with zero attached hydrogens (tertiary/aromatic N) is 2. The molecule has 4 nitrogen and oxygen atoms in total. The van der Waals surface area contributed by atoms with E-state index in [9.17, 15) is 9.59 Å². The van der Waals surface area contributed by atoms with Crippen molar-refractivity contribution in [3.8, 4) is 11.1 Å². The molecule has 0 N–H and O–H groups in total. The number of hydrogen-bond donors (Lipinski definition) is 0. The van der Waals surface area contributed by atoms with Crippen LogP contribution >= 0.6 is 11.8 Å². The second kappa shape index (κ2) is 5.50. The SMILES string of the molecule is CSc1cc(-c2ccccc2)c2c(=O)n(C)c(=O)n(C)c2c1. The number of fused-ring (bicyclic) bond motifs is 1. The quantitative estimate of drug-likeness (QED) is 0.683. The monoisotopic (exact) mass is 312 g/mol. The van der Waals surface area contributed by atoms with Crippen molar-refractivity contribution in [3.63, 3.8) is 0 Å². The minimum Gasteiger partial charge on any atom is -0.296 e. The Kier molecular flexibility index (Phi) is 3.66. The fourth-order valence-electron chi connectivity index (χ4n) is 2.64. The van der Waals surface area contributed by atoms with Gasteiger partial charge in [0.05, 0.1) is 10.9 Å². The number of thioether (sulfide) groups is 1. The molecular weight excluding hydrogens is 296 g/mol. The van der Waals surface area contributed by atoms with Crippen LogP contribution in [0, 0.1) is 0 Å². The van der Waals surface area contributed by atoms with Crippen LogP contribution in [0.1, 0.15) is 0 Å². The molecule has 0 unspecified atom stereocenters. The normalized spacial score (nSPS) is 11.0. The average Bonchev–Trinajstić information content (AvgIpc) is 2.57. The summed E-state index contributed by atoms with van der Waals surface area (Å²) in [7, 11) is 3.21. The molecule has 0 radical (unpaired) electrons. The molecule has 0 fully saturated rings. The largest absolute Gasteiger partial charge is 0.330 e. The molecule has 0 saturated heterocycles. The van der Waals surface area contributed by atoms with Crippen molar-refractivity contribution in [2.24, 2.45) is 14.1 Å². The zero-order valence-corrected chi connectivity index (χ0v) is 13.5. The summed E-state index contributed by atoms with van der Waals surface area (Å²) in [6, 6.07) is 13.7. The molecule has 5 heteroatoms. The maximum atomic E-state index is 12.6. The highest BCUT2D eigenvalue weighted by Crippen LogP contribution is 2.30. The molecule has 112 valence electrons. The van der Waals surface area contributed by atoms with E-state index in [4.69, 9.17) is 0 Å². The lowest BCUT2D eigenvalue weighted by Crippen LogP contribution is -2.37. The standard InChI is InChI=1S/C17H16N2O2S/c1-18-14-10-12(22-3)9-13(11-7-5-4-6-8-11)15(14)16(20)19(2)17(18)21/h4-10H,1-3H3. The Balaban J connectivity index is 2.57. The van der Waals surface area contributed by atoms with E-state index in [1.165, 1.54) is 11.6 Å². The van der Waals surface area contributed by atoms with Gasteiger partial charge >= 0.3 is 5.69 Å². The summed E-state index contributed by atoms with van der Waals surface area (Å²) in [6.07, 6.45) is 1.98. The Morgan fingerprint density at radius 3 is 2.27 bits per heavy atom. The average molecular weight is 312 g/mol. The number of aromatic nitrogens is 2. The molecule has 0 aliphatic rings. The fourth-order valence-corrected chi connectivity index (χ4v) is 3.10. The summed E-state index contributed by atoms with van der Waals surface area (Å²) >= 11 is 1.59. The highest BCUT2D eigenvalue weighted by Gasteiger charge is 2.15. The summed E-state index contributed by atoms with van der Waals surface area (Å²) in [5.41, 5.74) is 1.93. The zero-order chi connectivity index (χ0) is 15.9. The molecule has 0 saturated carbocycles. The minimum absolute atomic E-state index is 0.260. The van der Waals surface area contributed by atoms with E-state index >= 15 is 0 Å². The van der Waals surface area contributed by atoms with E-state index in [0.717, 1.165) is 20.6 Å². The highest BCUT2D eigenvalue weighted by molar-refractivity contribution is 7.98. The molecular formula is C17H16N2O2S. The molecule has 1 heterocycles. The molecule has 22 heavy (non-hydrogen) atoms. The third-order valence-electron chi connectivity index (χ3n) is 3.87. The Morgan fingerprint density at radius 1 is 0.955 bits per heavy atom. The number of hydrogen-bond acceptors (Lipinski definition) is 3. The van der Waals surface area contributed by atoms with Crippen LogP contribution in [0.4, 0.5) is 0 Å². The summed E-state index contributed by atoms with van der Waals surface area (Å²) in [5, 5.41) is 0.577. The van der Waals surface area contributed by atoms with Gasteiger partial charge in [-0.05, 0) is 29.5 Å². The van der Waals surface area contributed by atoms with Gasteiger partial charge in [0.25, 0.3) is 5.56 Å². The molecule has 3 rings (SSSR count). The molecule has 0 aliphatic heterocycles. The Hall–Kier alpha value is -2.27. The molecule has 3 aromatic rings. The summed E-state index contributed by atoms with van der Waals surface area (Å²) in [5.74, 6) is 0. The minimum atomic E-state index is -0.310. The third-order valence-corrected chi connectivity index (χ3v) is 4.57. The fraction of sp³-hybridized carbons (Fsp3) is 0.176. The second-order valence-electron chi connectivity index (χ2n) is 5.14. The first-order chi connectivity index (χ1) is 10.5. The smallest absolute Gasteiger partial charge is 0.296 e. The van der Waals surface area contributed by atoms with E-state index in [1.54, 1.807) is 18.8 Å². The van der Waals surface area contributed by atoms with Crippen LogP contribution in [0.3, 0.4) is 0 Å². The van der Waals surface area contributed by atoms with Crippen LogP contribution in [0.25, 0.3) is 22.0 Å². The molecule has 0 amide bonds. The predicted molar refractivity (Wildman–Crippen MR) is 91.6 cm³/mol. The van der Waals surface area contributed by atoms with Crippen LogP contribution in [0.2, 0.25) is 0 Å². The van der Waals surface area contributed by atoms with E-state index in [0.29, 0.717) is 10.9 Å². The van der Waals surface area contributed by atoms with Crippen molar-refractivity contribution in [2.45, 2.75) is 4.90 Å². The molecule has 2 aromatic carbocycles. The Labute approximate surface area is 132 Å². The topological polar surface area (TPSA) is 44.0 Å². The molecule has 0 spiro atoms. The predicted octanol–water partition coefficient (Wildman–Crippen LogP) is 2.63. The number of aryl methyl sites for hydroxylation is 1. The lowest BCUT2D eigenvalue weighted by molar-refractivity contribution is 0.713. The van der Waals surface area contributed by atoms with Crippen LogP contribution in [0.5, 0.6) is 0 Å². The van der Waals surface area contributed by atoms with Gasteiger partial charge in [-0.1, -0.05) is 30.3 Å². The van der Waals surface area contributed by atoms with Crippen molar-refractivity contribution < 1.29 is 0 Å². The summed E-state index contributed by atoms with van der Waals surface area (Å²) in [4.78, 5) is 25.8. The second-order valence-corrected chi connectivity index (χ2v) is 6.02. The Morgan fingerprint density at radius 2 is 1.64 bits per heavy atom. The van der Waals surface area contributed by atoms with Crippen LogP contribution in [0.15, 0.2) is 56.9 Å². The summed E-state index contributed by atoms with van der Waals surface area (Å²) in [6.45, 7) is 0. The van der Waals surface area contributed by atoms with Gasteiger partial charge in [-0.25, -0.2) is 4.79 Å². The lowest BCUT2D eigenvalue weighted by Gasteiger charge is -2.13. The van der Waals surface area contributed by atoms with Gasteiger partial charge in [0, 0.05) is 19.0 Å². The van der Waals surface area contributed by atoms with Gasteiger partial charge in [0.2, 0.25) is 0 Å². The van der Waals surface area contributed by atoms with E-state index in [-0.39, 0.29) is 11.2 Å². The highest BCUT2D eigenvalue weighted by atomic mass is 32.2. The van der Waals surface area contributed by atoms with Crippen LogP contribution in [-0.2, 0) is 14.1 Å². The van der Waals surface area contributed by atoms with Gasteiger partial charge in [-0.3, -0.25) is 13.9 Å². The van der Waals surface area contributed by atoms with Gasteiger partial charge in [0.1, 0.15) is 0 Å². The van der Waals surface area contributed by atoms with E-state index in [2.05, 4.69) is 0 Å². The third kappa shape index (κ3) is 2.18. The number of rotatable bonds is 2. The van der Waals surface area contributed by atoms with Crippen LogP contribution < -0.4 is 11.2 Å². The molecule has 0 bridgehead atoms. The summed E-state index contributed by atoms with van der Waals surface area (Å²) < 4.78 is 2.69. The van der Waals surface area contributed by atoms with E-state index < -0.39 is 0 Å². The molecule has 0 atom stereocenters. The van der Waals surface area contributed by atoms with Gasteiger partial charge in [-0.2, -0.15) is 0 Å². The maximum absolute atomic E-state index is 12.6.